The average molecular weight is 542 g/mol. The van der Waals surface area contributed by atoms with Crippen LogP contribution in [0.5, 0.6) is 17.2 Å². The maximum Gasteiger partial charge on any atom is 0.320 e. The number of aromatic hydroxyl groups is 3. The normalized spacial score (nSPS) is 12.9. The Morgan fingerprint density at radius 3 is 1.66 bits per heavy atom. The third-order valence-electron chi connectivity index (χ3n) is 4.95. The zero-order valence-corrected chi connectivity index (χ0v) is 23.9. The molecule has 6 N–H and O–H groups in total. The highest BCUT2D eigenvalue weighted by atomic mass is 28.2. The van der Waals surface area contributed by atoms with Crippen LogP contribution in [0.15, 0.2) is 97.6 Å². The van der Waals surface area contributed by atoms with E-state index in [1.165, 1.54) is 18.9 Å². The van der Waals surface area contributed by atoms with Crippen molar-refractivity contribution in [3.05, 3.63) is 103 Å². The van der Waals surface area contributed by atoms with Gasteiger partial charge in [-0.3, -0.25) is 4.79 Å². The number of carboxylic acid groups (broad SMARTS) is 1. The Labute approximate surface area is 229 Å². The molecule has 3 aromatic carbocycles. The molecule has 0 bridgehead atoms. The molecular weight excluding hydrogens is 498 g/mol. The number of rotatable bonds is 4. The Kier molecular flexibility index (Phi) is 20.5. The predicted molar refractivity (Wildman–Crippen MR) is 157 cm³/mol. The fourth-order valence-corrected chi connectivity index (χ4v) is 3.84. The molecule has 0 aliphatic carbocycles. The zero-order valence-electron chi connectivity index (χ0n) is 22.4. The second-order valence-corrected chi connectivity index (χ2v) is 10.1. The molecule has 1 heterocycles. The molecule has 7 nitrogen and oxygen atoms in total. The first-order valence-electron chi connectivity index (χ1n) is 12.6. The van der Waals surface area contributed by atoms with E-state index in [2.05, 4.69) is 6.58 Å². The van der Waals surface area contributed by atoms with Gasteiger partial charge in [0, 0.05) is 6.61 Å². The van der Waals surface area contributed by atoms with E-state index in [0.717, 1.165) is 18.6 Å². The van der Waals surface area contributed by atoms with Crippen molar-refractivity contribution in [3.63, 3.8) is 0 Å². The summed E-state index contributed by atoms with van der Waals surface area (Å²) in [6.45, 7) is 8.20. The van der Waals surface area contributed by atoms with Crippen LogP contribution in [0.1, 0.15) is 32.3 Å². The smallest absolute Gasteiger partial charge is 0.320 e. The predicted octanol–water partition coefficient (Wildman–Crippen LogP) is 5.26. The molecule has 0 saturated carbocycles. The van der Waals surface area contributed by atoms with Crippen LogP contribution < -0.4 is 5.73 Å². The van der Waals surface area contributed by atoms with Gasteiger partial charge >= 0.3 is 5.97 Å². The number of hydrogen-bond donors (Lipinski definition) is 5. The molecular formula is C30H43NO6Si. The fourth-order valence-electron chi connectivity index (χ4n) is 2.67. The van der Waals surface area contributed by atoms with E-state index >= 15 is 0 Å². The number of benzene rings is 3. The van der Waals surface area contributed by atoms with Crippen LogP contribution in [0, 0.1) is 5.92 Å². The minimum atomic E-state index is -0.931. The number of phenols is 3. The number of para-hydroxylation sites is 3. The van der Waals surface area contributed by atoms with Crippen molar-refractivity contribution >= 4 is 15.7 Å². The van der Waals surface area contributed by atoms with Gasteiger partial charge in [0.2, 0.25) is 0 Å². The summed E-state index contributed by atoms with van der Waals surface area (Å²) in [5.41, 5.74) is 6.09. The van der Waals surface area contributed by atoms with Crippen molar-refractivity contribution in [3.8, 4) is 17.2 Å². The SMILES string of the molecule is C1CC[SiH2]OC1.C=CCc1ccccc1O.CC(C)[C@H](N)C(=O)O.Oc1ccccc1.Oc1ccccc1. The molecule has 0 radical (unpaired) electrons. The standard InChI is InChI=1S/C9H10O.2C6H6O.C5H11NO2.C4H10OSi/c1-2-5-8-6-3-4-7-9(8)10;2*7-6-4-2-1-3-5-6;1-3(2)4(6)5(7)8;1-2-4-6-5-3-1/h2-4,6-7,10H,1,5H2;2*1-5,7H;3-4H,6H2,1-2H3,(H,7,8);1-4,6H2/t;;;4-;/m...0./s1. The topological polar surface area (TPSA) is 133 Å². The van der Waals surface area contributed by atoms with Gasteiger partial charge in [-0.15, -0.1) is 6.58 Å². The van der Waals surface area contributed by atoms with Gasteiger partial charge in [-0.1, -0.05) is 80.9 Å². The lowest BCUT2D eigenvalue weighted by Gasteiger charge is -2.07. The molecule has 3 aromatic rings. The molecule has 0 amide bonds. The van der Waals surface area contributed by atoms with Crippen molar-refractivity contribution in [1.29, 1.82) is 0 Å². The highest BCUT2D eigenvalue weighted by Gasteiger charge is 2.14. The van der Waals surface area contributed by atoms with Gasteiger partial charge in [0.1, 0.15) is 23.3 Å². The van der Waals surface area contributed by atoms with Crippen LogP contribution in [-0.4, -0.2) is 48.8 Å². The average Bonchev–Trinajstić information content (AvgIpc) is 2.93. The van der Waals surface area contributed by atoms with E-state index < -0.39 is 12.0 Å². The van der Waals surface area contributed by atoms with Crippen molar-refractivity contribution in [2.45, 2.75) is 45.2 Å². The Bertz CT molecular complexity index is 933. The Balaban J connectivity index is 0.000000455. The lowest BCUT2D eigenvalue weighted by atomic mass is 10.1. The lowest BCUT2D eigenvalue weighted by Crippen LogP contribution is -2.34. The molecule has 1 atom stereocenters. The van der Waals surface area contributed by atoms with Crippen molar-refractivity contribution in [1.82, 2.24) is 0 Å². The van der Waals surface area contributed by atoms with E-state index in [9.17, 15) is 9.90 Å². The number of allylic oxidation sites excluding steroid dienone is 1. The lowest BCUT2D eigenvalue weighted by molar-refractivity contribution is -0.139. The summed E-state index contributed by atoms with van der Waals surface area (Å²) in [4.78, 5) is 10.0. The summed E-state index contributed by atoms with van der Waals surface area (Å²) in [6, 6.07) is 25.4. The molecule has 1 aliphatic rings. The number of hydrogen-bond acceptors (Lipinski definition) is 6. The quantitative estimate of drug-likeness (QED) is 0.225. The van der Waals surface area contributed by atoms with Crippen LogP contribution in [-0.2, 0) is 15.6 Å². The van der Waals surface area contributed by atoms with Gasteiger partial charge in [0.25, 0.3) is 0 Å². The minimum absolute atomic E-state index is 0.00849. The van der Waals surface area contributed by atoms with Crippen molar-refractivity contribution < 1.29 is 29.6 Å². The van der Waals surface area contributed by atoms with Gasteiger partial charge in [-0.05, 0) is 60.7 Å². The summed E-state index contributed by atoms with van der Waals surface area (Å²) in [7, 11) is 0.00849. The summed E-state index contributed by atoms with van der Waals surface area (Å²) in [6.07, 6.45) is 5.25. The van der Waals surface area contributed by atoms with Crippen LogP contribution in [0.2, 0.25) is 6.04 Å². The first-order valence-corrected chi connectivity index (χ1v) is 14.2. The Morgan fingerprint density at radius 2 is 1.42 bits per heavy atom. The molecule has 1 fully saturated rings. The number of aliphatic carboxylic acids is 1. The van der Waals surface area contributed by atoms with E-state index in [-0.39, 0.29) is 15.7 Å². The highest BCUT2D eigenvalue weighted by Crippen LogP contribution is 2.15. The van der Waals surface area contributed by atoms with Crippen molar-refractivity contribution in [2.24, 2.45) is 11.7 Å². The molecule has 8 heteroatoms. The minimum Gasteiger partial charge on any atom is -0.508 e. The highest BCUT2D eigenvalue weighted by molar-refractivity contribution is 6.27. The second-order valence-electron chi connectivity index (χ2n) is 8.57. The first kappa shape index (κ1) is 34.4. The van der Waals surface area contributed by atoms with Gasteiger partial charge in [-0.2, -0.15) is 0 Å². The van der Waals surface area contributed by atoms with Crippen LogP contribution >= 0.6 is 0 Å². The molecule has 208 valence electrons. The van der Waals surface area contributed by atoms with Gasteiger partial charge in [-0.25, -0.2) is 0 Å². The molecule has 0 spiro atoms. The van der Waals surface area contributed by atoms with E-state index in [4.69, 9.17) is 25.5 Å². The van der Waals surface area contributed by atoms with Crippen LogP contribution in [0.3, 0.4) is 0 Å². The van der Waals surface area contributed by atoms with Gasteiger partial charge in [0.05, 0.1) is 0 Å². The summed E-state index contributed by atoms with van der Waals surface area (Å²) in [5, 5.41) is 34.7. The van der Waals surface area contributed by atoms with Crippen molar-refractivity contribution in [2.75, 3.05) is 6.61 Å². The monoisotopic (exact) mass is 541 g/mol. The summed E-state index contributed by atoms with van der Waals surface area (Å²) < 4.78 is 5.21. The summed E-state index contributed by atoms with van der Waals surface area (Å²) >= 11 is 0. The van der Waals surface area contributed by atoms with Gasteiger partial charge < -0.3 is 30.6 Å². The molecule has 1 aliphatic heterocycles. The second kappa shape index (κ2) is 22.6. The molecule has 0 aromatic heterocycles. The molecule has 4 rings (SSSR count). The molecule has 0 unspecified atom stereocenters. The van der Waals surface area contributed by atoms with E-state index in [1.54, 1.807) is 74.5 Å². The molecule has 1 saturated heterocycles. The largest absolute Gasteiger partial charge is 0.508 e. The fraction of sp³-hybridized carbons (Fsp3) is 0.300. The Hall–Kier alpha value is -3.59. The number of nitrogens with two attached hydrogens (primary N) is 1. The maximum absolute atomic E-state index is 10.0. The molecule has 38 heavy (non-hydrogen) atoms. The third-order valence-corrected chi connectivity index (χ3v) is 6.32. The Morgan fingerprint density at radius 1 is 0.921 bits per heavy atom. The number of phenolic OH excluding ortho intramolecular Hbond substituents is 3. The van der Waals surface area contributed by atoms with Crippen LogP contribution in [0.4, 0.5) is 0 Å². The van der Waals surface area contributed by atoms with E-state index in [1.807, 2.05) is 30.3 Å². The first-order chi connectivity index (χ1) is 18.2. The third kappa shape index (κ3) is 19.6. The zero-order chi connectivity index (χ0) is 28.6. The van der Waals surface area contributed by atoms with Gasteiger partial charge in [0.15, 0.2) is 9.76 Å². The summed E-state index contributed by atoms with van der Waals surface area (Å²) in [5.74, 6) is 0.0832. The maximum atomic E-state index is 10.0. The number of carboxylic acids is 1. The number of carbonyl (C=O) groups is 1. The van der Waals surface area contributed by atoms with Crippen LogP contribution in [0.25, 0.3) is 0 Å². The van der Waals surface area contributed by atoms with E-state index in [0.29, 0.717) is 17.2 Å².